The first-order valence-corrected chi connectivity index (χ1v) is 12.7. The first-order valence-electron chi connectivity index (χ1n) is 10.5. The molecule has 0 saturated heterocycles. The highest BCUT2D eigenvalue weighted by Gasteiger charge is 2.29. The highest BCUT2D eigenvalue weighted by Crippen LogP contribution is 2.35. The number of benzene rings is 3. The Morgan fingerprint density at radius 2 is 1.83 bits per heavy atom. The number of halogens is 2. The van der Waals surface area contributed by atoms with Crippen molar-refractivity contribution in [2.75, 3.05) is 24.6 Å². The summed E-state index contributed by atoms with van der Waals surface area (Å²) in [6, 6.07) is 17.3. The molecule has 0 radical (unpaired) electrons. The third-order valence-electron chi connectivity index (χ3n) is 4.77. The smallest absolute Gasteiger partial charge is 0.264 e. The van der Waals surface area contributed by atoms with Crippen molar-refractivity contribution in [2.45, 2.75) is 4.90 Å². The van der Waals surface area contributed by atoms with E-state index in [2.05, 4.69) is 17.1 Å². The molecular formula is C25H23Cl2N3O5S. The number of methoxy groups -OCH3 is 1. The summed E-state index contributed by atoms with van der Waals surface area (Å²) in [5.74, 6) is 0.307. The Balaban J connectivity index is 1.81. The molecule has 0 spiro atoms. The highest BCUT2D eigenvalue weighted by atomic mass is 35.5. The zero-order valence-corrected chi connectivity index (χ0v) is 21.6. The predicted octanol–water partition coefficient (Wildman–Crippen LogP) is 4.91. The van der Waals surface area contributed by atoms with Crippen LogP contribution < -0.4 is 19.2 Å². The van der Waals surface area contributed by atoms with Crippen molar-refractivity contribution < 1.29 is 22.7 Å². The largest absolute Gasteiger partial charge is 0.493 e. The maximum absolute atomic E-state index is 13.4. The molecule has 1 amide bonds. The number of hydrogen-bond acceptors (Lipinski definition) is 6. The molecule has 8 nitrogen and oxygen atoms in total. The number of nitrogens with one attached hydrogen (secondary N) is 1. The van der Waals surface area contributed by atoms with Gasteiger partial charge in [-0.1, -0.05) is 60.1 Å². The first kappa shape index (κ1) is 27.1. The summed E-state index contributed by atoms with van der Waals surface area (Å²) in [6.07, 6.45) is 3.00. The summed E-state index contributed by atoms with van der Waals surface area (Å²) in [7, 11) is -2.65. The Labute approximate surface area is 219 Å². The van der Waals surface area contributed by atoms with E-state index in [1.807, 2.05) is 0 Å². The molecule has 0 saturated carbocycles. The van der Waals surface area contributed by atoms with Crippen molar-refractivity contribution in [1.82, 2.24) is 5.43 Å². The maximum atomic E-state index is 13.4. The Morgan fingerprint density at radius 1 is 1.08 bits per heavy atom. The van der Waals surface area contributed by atoms with Crippen LogP contribution in [0.4, 0.5) is 5.69 Å². The fraction of sp³-hybridized carbons (Fsp3) is 0.120. The van der Waals surface area contributed by atoms with Crippen LogP contribution in [-0.2, 0) is 14.8 Å². The van der Waals surface area contributed by atoms with Gasteiger partial charge in [0.25, 0.3) is 15.9 Å². The molecule has 188 valence electrons. The van der Waals surface area contributed by atoms with E-state index in [1.54, 1.807) is 48.5 Å². The predicted molar refractivity (Wildman–Crippen MR) is 142 cm³/mol. The number of carbonyl (C=O) groups excluding carboxylic acids is 1. The number of hydrazone groups is 1. The summed E-state index contributed by atoms with van der Waals surface area (Å²) >= 11 is 12.4. The molecule has 0 fully saturated rings. The zero-order chi connectivity index (χ0) is 26.1. The lowest BCUT2D eigenvalue weighted by Crippen LogP contribution is -2.39. The van der Waals surface area contributed by atoms with Crippen molar-refractivity contribution in [3.63, 3.8) is 0 Å². The van der Waals surface area contributed by atoms with E-state index >= 15 is 0 Å². The molecule has 0 bridgehead atoms. The van der Waals surface area contributed by atoms with Crippen LogP contribution in [0.2, 0.25) is 10.0 Å². The molecule has 3 rings (SSSR count). The number of nitrogens with zero attached hydrogens (tertiary/aromatic N) is 2. The quantitative estimate of drug-likeness (QED) is 0.209. The van der Waals surface area contributed by atoms with E-state index in [0.717, 1.165) is 4.31 Å². The Bertz CT molecular complexity index is 1370. The Kier molecular flexibility index (Phi) is 9.35. The number of ether oxygens (including phenoxy) is 2. The lowest BCUT2D eigenvalue weighted by molar-refractivity contribution is -0.119. The van der Waals surface area contributed by atoms with Gasteiger partial charge >= 0.3 is 0 Å². The summed E-state index contributed by atoms with van der Waals surface area (Å²) in [5, 5.41) is 4.08. The van der Waals surface area contributed by atoms with E-state index in [-0.39, 0.29) is 20.6 Å². The Hall–Kier alpha value is -3.53. The van der Waals surface area contributed by atoms with Crippen molar-refractivity contribution in [1.29, 1.82) is 0 Å². The van der Waals surface area contributed by atoms with Crippen LogP contribution in [-0.4, -0.2) is 40.8 Å². The molecule has 0 aliphatic heterocycles. The molecule has 0 aliphatic carbocycles. The van der Waals surface area contributed by atoms with Crippen LogP contribution in [0, 0.1) is 0 Å². The van der Waals surface area contributed by atoms with E-state index in [1.165, 1.54) is 37.6 Å². The van der Waals surface area contributed by atoms with Gasteiger partial charge in [-0.25, -0.2) is 13.8 Å². The minimum absolute atomic E-state index is 0.000770. The Morgan fingerprint density at radius 3 is 2.53 bits per heavy atom. The number of hydrogen-bond donors (Lipinski definition) is 1. The molecule has 3 aromatic carbocycles. The lowest BCUT2D eigenvalue weighted by Gasteiger charge is -2.24. The second kappa shape index (κ2) is 12.4. The fourth-order valence-corrected chi connectivity index (χ4v) is 4.98. The maximum Gasteiger partial charge on any atom is 0.264 e. The third-order valence-corrected chi connectivity index (χ3v) is 7.35. The van der Waals surface area contributed by atoms with Gasteiger partial charge in [0.05, 0.1) is 34.0 Å². The average molecular weight is 548 g/mol. The van der Waals surface area contributed by atoms with Crippen LogP contribution in [0.15, 0.2) is 89.4 Å². The number of anilines is 1. The number of rotatable bonds is 11. The first-order chi connectivity index (χ1) is 17.3. The summed E-state index contributed by atoms with van der Waals surface area (Å²) < 4.78 is 38.5. The van der Waals surface area contributed by atoms with Crippen molar-refractivity contribution in [2.24, 2.45) is 5.10 Å². The van der Waals surface area contributed by atoms with Crippen LogP contribution in [0.3, 0.4) is 0 Å². The molecule has 1 N–H and O–H groups in total. The SMILES string of the molecule is C=CCOc1ccc(/C=N/NC(=O)CN(c2cccc(Cl)c2Cl)S(=O)(=O)c2ccccc2)cc1OC. The summed E-state index contributed by atoms with van der Waals surface area (Å²) in [5.41, 5.74) is 3.02. The van der Waals surface area contributed by atoms with Gasteiger partial charge in [-0.15, -0.1) is 0 Å². The third kappa shape index (κ3) is 6.57. The van der Waals surface area contributed by atoms with Crippen molar-refractivity contribution >= 4 is 51.0 Å². The molecular weight excluding hydrogens is 525 g/mol. The van der Waals surface area contributed by atoms with E-state index in [4.69, 9.17) is 32.7 Å². The summed E-state index contributed by atoms with van der Waals surface area (Å²) in [6.45, 7) is 3.33. The minimum atomic E-state index is -4.15. The van der Waals surface area contributed by atoms with E-state index in [9.17, 15) is 13.2 Å². The van der Waals surface area contributed by atoms with Gasteiger partial charge < -0.3 is 9.47 Å². The van der Waals surface area contributed by atoms with Gasteiger partial charge in [0.1, 0.15) is 13.2 Å². The van der Waals surface area contributed by atoms with Gasteiger partial charge in [0.2, 0.25) is 0 Å². The molecule has 0 aliphatic rings. The fourth-order valence-electron chi connectivity index (χ4n) is 3.08. The van der Waals surface area contributed by atoms with Gasteiger partial charge in [0.15, 0.2) is 11.5 Å². The molecule has 0 unspecified atom stereocenters. The molecule has 3 aromatic rings. The van der Waals surface area contributed by atoms with Crippen LogP contribution in [0.1, 0.15) is 5.56 Å². The highest BCUT2D eigenvalue weighted by molar-refractivity contribution is 7.92. The molecule has 0 heterocycles. The van der Waals surface area contributed by atoms with E-state index in [0.29, 0.717) is 23.7 Å². The monoisotopic (exact) mass is 547 g/mol. The molecule has 11 heteroatoms. The van der Waals surface area contributed by atoms with Gasteiger partial charge in [-0.05, 0) is 48.0 Å². The van der Waals surface area contributed by atoms with E-state index < -0.39 is 22.5 Å². The van der Waals surface area contributed by atoms with Crippen LogP contribution in [0.25, 0.3) is 0 Å². The number of sulfonamides is 1. The summed E-state index contributed by atoms with van der Waals surface area (Å²) in [4.78, 5) is 12.7. The molecule has 0 aromatic heterocycles. The number of carbonyl (C=O) groups is 1. The normalized spacial score (nSPS) is 11.2. The number of amides is 1. The second-order valence-electron chi connectivity index (χ2n) is 7.20. The van der Waals surface area contributed by atoms with Crippen molar-refractivity contribution in [3.8, 4) is 11.5 Å². The van der Waals surface area contributed by atoms with Gasteiger partial charge in [-0.2, -0.15) is 5.10 Å². The standard InChI is InChI=1S/C25H23Cl2N3O5S/c1-3-14-35-22-13-12-18(15-23(22)34-2)16-28-29-24(31)17-30(21-11-7-10-20(26)25(21)27)36(32,33)19-8-5-4-6-9-19/h3-13,15-16H,1,14,17H2,2H3,(H,29,31)/b28-16+. The van der Waals surface area contributed by atoms with Crippen LogP contribution in [0.5, 0.6) is 11.5 Å². The van der Waals surface area contributed by atoms with Gasteiger partial charge in [0, 0.05) is 0 Å². The molecule has 36 heavy (non-hydrogen) atoms. The van der Waals surface area contributed by atoms with Gasteiger partial charge in [-0.3, -0.25) is 9.10 Å². The van der Waals surface area contributed by atoms with Crippen LogP contribution >= 0.6 is 23.2 Å². The molecule has 0 atom stereocenters. The average Bonchev–Trinajstić information content (AvgIpc) is 2.88. The topological polar surface area (TPSA) is 97.3 Å². The second-order valence-corrected chi connectivity index (χ2v) is 9.85. The van der Waals surface area contributed by atoms with Crippen molar-refractivity contribution in [3.05, 3.63) is 95.0 Å². The minimum Gasteiger partial charge on any atom is -0.493 e. The zero-order valence-electron chi connectivity index (χ0n) is 19.2. The lowest BCUT2D eigenvalue weighted by atomic mass is 10.2.